The Balaban J connectivity index is 1.92. The number of nitrogens with two attached hydrogens (primary N) is 1. The van der Waals surface area contributed by atoms with Gasteiger partial charge in [-0.2, -0.15) is 0 Å². The number of rotatable bonds is 5. The largest absolute Gasteiger partial charge is 0.493 e. The van der Waals surface area contributed by atoms with Crippen LogP contribution in [0.3, 0.4) is 0 Å². The predicted molar refractivity (Wildman–Crippen MR) is 64.9 cm³/mol. The van der Waals surface area contributed by atoms with E-state index in [0.29, 0.717) is 23.4 Å². The van der Waals surface area contributed by atoms with Gasteiger partial charge in [-0.05, 0) is 53.9 Å². The van der Waals surface area contributed by atoms with E-state index in [4.69, 9.17) is 10.5 Å². The van der Waals surface area contributed by atoms with Crippen LogP contribution in [0.4, 0.5) is 4.39 Å². The maximum atomic E-state index is 13.2. The Morgan fingerprint density at radius 2 is 2.19 bits per heavy atom. The van der Waals surface area contributed by atoms with E-state index >= 15 is 0 Å². The van der Waals surface area contributed by atoms with E-state index < -0.39 is 0 Å². The van der Waals surface area contributed by atoms with Gasteiger partial charge in [0.25, 0.3) is 0 Å². The first-order chi connectivity index (χ1) is 7.65. The Hall–Kier alpha value is -0.610. The molecule has 2 N–H and O–H groups in total. The summed E-state index contributed by atoms with van der Waals surface area (Å²) in [6.07, 6.45) is 3.33. The van der Waals surface area contributed by atoms with Crippen molar-refractivity contribution in [1.29, 1.82) is 0 Å². The molecule has 0 aliphatic heterocycles. The maximum absolute atomic E-state index is 13.2. The summed E-state index contributed by atoms with van der Waals surface area (Å²) in [6.45, 7) is 1.34. The van der Waals surface area contributed by atoms with Crippen LogP contribution in [0.2, 0.25) is 0 Å². The molecule has 1 fully saturated rings. The minimum absolute atomic E-state index is 0.262. The lowest BCUT2D eigenvalue weighted by atomic mass is 10.0. The zero-order valence-corrected chi connectivity index (χ0v) is 10.6. The Bertz CT molecular complexity index is 379. The first kappa shape index (κ1) is 11.9. The molecule has 0 aromatic heterocycles. The molecule has 1 aliphatic carbocycles. The highest BCUT2D eigenvalue weighted by Crippen LogP contribution is 2.48. The Labute approximate surface area is 103 Å². The standard InChI is InChI=1S/C12H15BrFNO/c13-10-2-1-9(7-11(10)14)16-8-12(3-4-12)5-6-15/h1-2,7H,3-6,8,15H2. The lowest BCUT2D eigenvalue weighted by Gasteiger charge is -2.15. The van der Waals surface area contributed by atoms with E-state index in [1.54, 1.807) is 12.1 Å². The van der Waals surface area contributed by atoms with Crippen LogP contribution in [-0.2, 0) is 0 Å². The van der Waals surface area contributed by atoms with Gasteiger partial charge in [0, 0.05) is 11.5 Å². The molecule has 0 amide bonds. The third-order valence-electron chi connectivity index (χ3n) is 3.07. The Morgan fingerprint density at radius 3 is 2.75 bits per heavy atom. The first-order valence-electron chi connectivity index (χ1n) is 5.43. The van der Waals surface area contributed by atoms with Gasteiger partial charge in [0.05, 0.1) is 11.1 Å². The summed E-state index contributed by atoms with van der Waals surface area (Å²) in [5.41, 5.74) is 5.81. The first-order valence-corrected chi connectivity index (χ1v) is 6.22. The Morgan fingerprint density at radius 1 is 1.44 bits per heavy atom. The van der Waals surface area contributed by atoms with Gasteiger partial charge in [-0.3, -0.25) is 0 Å². The topological polar surface area (TPSA) is 35.2 Å². The van der Waals surface area contributed by atoms with Crippen LogP contribution in [0.25, 0.3) is 0 Å². The summed E-state index contributed by atoms with van der Waals surface area (Å²) in [7, 11) is 0. The fourth-order valence-corrected chi connectivity index (χ4v) is 2.00. The molecule has 0 atom stereocenters. The number of halogens is 2. The van der Waals surface area contributed by atoms with Crippen LogP contribution >= 0.6 is 15.9 Å². The lowest BCUT2D eigenvalue weighted by molar-refractivity contribution is 0.226. The molecule has 0 saturated heterocycles. The average Bonchev–Trinajstić information content (AvgIpc) is 3.01. The SMILES string of the molecule is NCCC1(COc2ccc(Br)c(F)c2)CC1. The fourth-order valence-electron chi connectivity index (χ4n) is 1.75. The molecule has 1 saturated carbocycles. The molecule has 2 nitrogen and oxygen atoms in total. The molecule has 0 heterocycles. The van der Waals surface area contributed by atoms with Crippen molar-refractivity contribution in [3.63, 3.8) is 0 Å². The average molecular weight is 288 g/mol. The zero-order valence-electron chi connectivity index (χ0n) is 9.01. The summed E-state index contributed by atoms with van der Waals surface area (Å²) in [4.78, 5) is 0. The summed E-state index contributed by atoms with van der Waals surface area (Å²) < 4.78 is 19.3. The van der Waals surface area contributed by atoms with Crippen LogP contribution < -0.4 is 10.5 Å². The van der Waals surface area contributed by atoms with E-state index in [2.05, 4.69) is 15.9 Å². The van der Waals surface area contributed by atoms with Gasteiger partial charge in [0.2, 0.25) is 0 Å². The van der Waals surface area contributed by atoms with Crippen molar-refractivity contribution in [2.24, 2.45) is 11.1 Å². The van der Waals surface area contributed by atoms with Crippen LogP contribution in [0.5, 0.6) is 5.75 Å². The van der Waals surface area contributed by atoms with Gasteiger partial charge in [0.15, 0.2) is 0 Å². The molecule has 1 aromatic carbocycles. The highest BCUT2D eigenvalue weighted by molar-refractivity contribution is 9.10. The number of hydrogen-bond donors (Lipinski definition) is 1. The minimum Gasteiger partial charge on any atom is -0.493 e. The van der Waals surface area contributed by atoms with Crippen LogP contribution in [0.1, 0.15) is 19.3 Å². The second-order valence-corrected chi connectivity index (χ2v) is 5.26. The van der Waals surface area contributed by atoms with Crippen LogP contribution in [0.15, 0.2) is 22.7 Å². The molecule has 4 heteroatoms. The minimum atomic E-state index is -0.291. The van der Waals surface area contributed by atoms with Crippen molar-refractivity contribution in [1.82, 2.24) is 0 Å². The zero-order chi connectivity index (χ0) is 11.6. The van der Waals surface area contributed by atoms with Gasteiger partial charge in [0.1, 0.15) is 11.6 Å². The van der Waals surface area contributed by atoms with Crippen molar-refractivity contribution in [3.8, 4) is 5.75 Å². The molecular weight excluding hydrogens is 273 g/mol. The van der Waals surface area contributed by atoms with Gasteiger partial charge in [-0.25, -0.2) is 4.39 Å². The summed E-state index contributed by atoms with van der Waals surface area (Å²) >= 11 is 3.11. The van der Waals surface area contributed by atoms with Crippen molar-refractivity contribution < 1.29 is 9.13 Å². The molecule has 0 radical (unpaired) electrons. The normalized spacial score (nSPS) is 17.2. The molecule has 1 aromatic rings. The molecule has 0 bridgehead atoms. The van der Waals surface area contributed by atoms with E-state index in [1.807, 2.05) is 0 Å². The monoisotopic (exact) mass is 287 g/mol. The van der Waals surface area contributed by atoms with Crippen molar-refractivity contribution in [3.05, 3.63) is 28.5 Å². The van der Waals surface area contributed by atoms with Gasteiger partial charge in [-0.15, -0.1) is 0 Å². The van der Waals surface area contributed by atoms with Gasteiger partial charge < -0.3 is 10.5 Å². The molecule has 16 heavy (non-hydrogen) atoms. The second kappa shape index (κ2) is 4.72. The van der Waals surface area contributed by atoms with Crippen molar-refractivity contribution in [2.75, 3.05) is 13.2 Å². The quantitative estimate of drug-likeness (QED) is 0.903. The van der Waals surface area contributed by atoms with Crippen LogP contribution in [0, 0.1) is 11.2 Å². The summed E-state index contributed by atoms with van der Waals surface area (Å²) in [6, 6.07) is 4.83. The number of hydrogen-bond acceptors (Lipinski definition) is 2. The molecule has 88 valence electrons. The van der Waals surface area contributed by atoms with E-state index in [9.17, 15) is 4.39 Å². The van der Waals surface area contributed by atoms with Crippen LogP contribution in [-0.4, -0.2) is 13.2 Å². The third kappa shape index (κ3) is 2.74. The molecular formula is C12H15BrFNO. The van der Waals surface area contributed by atoms with Crippen molar-refractivity contribution in [2.45, 2.75) is 19.3 Å². The van der Waals surface area contributed by atoms with E-state index in [1.165, 1.54) is 18.9 Å². The highest BCUT2D eigenvalue weighted by Gasteiger charge is 2.42. The Kier molecular flexibility index (Phi) is 3.50. The predicted octanol–water partition coefficient (Wildman–Crippen LogP) is 3.10. The summed E-state index contributed by atoms with van der Waals surface area (Å²) in [5, 5.41) is 0. The van der Waals surface area contributed by atoms with Gasteiger partial charge in [-0.1, -0.05) is 0 Å². The molecule has 2 rings (SSSR count). The molecule has 1 aliphatic rings. The fraction of sp³-hybridized carbons (Fsp3) is 0.500. The molecule has 0 unspecified atom stereocenters. The van der Waals surface area contributed by atoms with E-state index in [-0.39, 0.29) is 11.2 Å². The highest BCUT2D eigenvalue weighted by atomic mass is 79.9. The number of benzene rings is 1. The van der Waals surface area contributed by atoms with Crippen molar-refractivity contribution >= 4 is 15.9 Å². The third-order valence-corrected chi connectivity index (χ3v) is 3.71. The second-order valence-electron chi connectivity index (χ2n) is 4.40. The smallest absolute Gasteiger partial charge is 0.141 e. The lowest BCUT2D eigenvalue weighted by Crippen LogP contribution is -2.17. The summed E-state index contributed by atoms with van der Waals surface area (Å²) in [5.74, 6) is 0.296. The molecule has 0 spiro atoms. The number of ether oxygens (including phenoxy) is 1. The van der Waals surface area contributed by atoms with E-state index in [0.717, 1.165) is 6.42 Å². The van der Waals surface area contributed by atoms with Gasteiger partial charge >= 0.3 is 0 Å². The maximum Gasteiger partial charge on any atom is 0.141 e.